The van der Waals surface area contributed by atoms with Crippen LogP contribution in [0.3, 0.4) is 0 Å². The number of nitrogens with zero attached hydrogens (tertiary/aromatic N) is 1. The van der Waals surface area contributed by atoms with E-state index in [1.807, 2.05) is 18.2 Å². The fourth-order valence-corrected chi connectivity index (χ4v) is 2.89. The summed E-state index contributed by atoms with van der Waals surface area (Å²) in [5.74, 6) is 0.406. The van der Waals surface area contributed by atoms with Crippen LogP contribution in [0.25, 0.3) is 0 Å². The van der Waals surface area contributed by atoms with Crippen molar-refractivity contribution in [2.45, 2.75) is 38.3 Å². The summed E-state index contributed by atoms with van der Waals surface area (Å²) in [6.45, 7) is 4.23. The predicted octanol–water partition coefficient (Wildman–Crippen LogP) is 2.95. The molecule has 100 valence electrons. The number of ether oxygens (including phenoxy) is 1. The highest BCUT2D eigenvalue weighted by atomic mass is 16.5. The van der Waals surface area contributed by atoms with E-state index in [1.54, 1.807) is 13.2 Å². The highest BCUT2D eigenvalue weighted by Crippen LogP contribution is 2.32. The van der Waals surface area contributed by atoms with Gasteiger partial charge in [0.15, 0.2) is 0 Å². The predicted molar refractivity (Wildman–Crippen MR) is 72.7 cm³/mol. The van der Waals surface area contributed by atoms with Crippen molar-refractivity contribution < 1.29 is 9.84 Å². The van der Waals surface area contributed by atoms with E-state index < -0.39 is 0 Å². The van der Waals surface area contributed by atoms with Crippen molar-refractivity contribution >= 4 is 0 Å². The molecule has 1 aromatic rings. The summed E-state index contributed by atoms with van der Waals surface area (Å²) in [5, 5.41) is 10.0. The molecule has 0 bridgehead atoms. The van der Waals surface area contributed by atoms with E-state index in [4.69, 9.17) is 4.74 Å². The topological polar surface area (TPSA) is 32.7 Å². The molecule has 1 saturated heterocycles. The molecule has 2 rings (SSSR count). The fourth-order valence-electron chi connectivity index (χ4n) is 2.89. The molecular weight excluding hydrogens is 226 g/mol. The molecule has 0 saturated carbocycles. The molecule has 18 heavy (non-hydrogen) atoms. The van der Waals surface area contributed by atoms with E-state index in [2.05, 4.69) is 11.8 Å². The zero-order valence-electron chi connectivity index (χ0n) is 11.3. The third-order valence-electron chi connectivity index (χ3n) is 3.87. The second-order valence-electron chi connectivity index (χ2n) is 4.98. The Balaban J connectivity index is 2.15. The number of likely N-dealkylation sites (tertiary alicyclic amines) is 1. The number of para-hydroxylation sites is 1. The van der Waals surface area contributed by atoms with Gasteiger partial charge >= 0.3 is 0 Å². The van der Waals surface area contributed by atoms with Gasteiger partial charge in [-0.3, -0.25) is 4.90 Å². The molecule has 0 aliphatic carbocycles. The first-order chi connectivity index (χ1) is 8.76. The summed E-state index contributed by atoms with van der Waals surface area (Å²) in [4.78, 5) is 2.44. The molecule has 1 heterocycles. The molecule has 1 aliphatic heterocycles. The molecule has 0 amide bonds. The van der Waals surface area contributed by atoms with Crippen LogP contribution in [0, 0.1) is 0 Å². The summed E-state index contributed by atoms with van der Waals surface area (Å²) in [6.07, 6.45) is 3.65. The maximum Gasteiger partial charge on any atom is 0.120 e. The number of phenolic OH excluding ortho intramolecular Hbond substituents is 1. The van der Waals surface area contributed by atoms with Crippen LogP contribution < -0.4 is 0 Å². The zero-order chi connectivity index (χ0) is 13.0. The largest absolute Gasteiger partial charge is 0.508 e. The standard InChI is InChI=1S/C15H23NO2/c1-3-14(13-8-4-5-9-15(13)17)16-10-6-7-12(11-16)18-2/h4-5,8-9,12,14,17H,3,6-7,10-11H2,1-2H3. The van der Waals surface area contributed by atoms with Gasteiger partial charge in [-0.1, -0.05) is 25.1 Å². The molecule has 1 N–H and O–H groups in total. The summed E-state index contributed by atoms with van der Waals surface area (Å²) >= 11 is 0. The minimum Gasteiger partial charge on any atom is -0.508 e. The van der Waals surface area contributed by atoms with Crippen molar-refractivity contribution in [1.29, 1.82) is 0 Å². The highest BCUT2D eigenvalue weighted by Gasteiger charge is 2.26. The van der Waals surface area contributed by atoms with Gasteiger partial charge < -0.3 is 9.84 Å². The van der Waals surface area contributed by atoms with Crippen LogP contribution in [0.15, 0.2) is 24.3 Å². The van der Waals surface area contributed by atoms with Crippen LogP contribution in [-0.4, -0.2) is 36.3 Å². The first-order valence-corrected chi connectivity index (χ1v) is 6.81. The molecule has 2 atom stereocenters. The third kappa shape index (κ3) is 2.85. The fraction of sp³-hybridized carbons (Fsp3) is 0.600. The number of piperidine rings is 1. The number of hydrogen-bond acceptors (Lipinski definition) is 3. The molecule has 1 aliphatic rings. The molecule has 1 fully saturated rings. The van der Waals surface area contributed by atoms with Gasteiger partial charge in [0.25, 0.3) is 0 Å². The van der Waals surface area contributed by atoms with E-state index in [0.717, 1.165) is 31.5 Å². The summed E-state index contributed by atoms with van der Waals surface area (Å²) < 4.78 is 5.48. The lowest BCUT2D eigenvalue weighted by Gasteiger charge is -2.37. The minimum absolute atomic E-state index is 0.296. The Labute approximate surface area is 109 Å². The molecule has 0 radical (unpaired) electrons. The van der Waals surface area contributed by atoms with Crippen molar-refractivity contribution in [3.8, 4) is 5.75 Å². The number of rotatable bonds is 4. The van der Waals surface area contributed by atoms with Gasteiger partial charge in [-0.05, 0) is 31.9 Å². The maximum absolute atomic E-state index is 10.0. The molecule has 3 nitrogen and oxygen atoms in total. The monoisotopic (exact) mass is 249 g/mol. The van der Waals surface area contributed by atoms with Crippen LogP contribution >= 0.6 is 0 Å². The lowest BCUT2D eigenvalue weighted by atomic mass is 9.98. The molecule has 0 spiro atoms. The van der Waals surface area contributed by atoms with Crippen LogP contribution in [0.2, 0.25) is 0 Å². The highest BCUT2D eigenvalue weighted by molar-refractivity contribution is 5.34. The van der Waals surface area contributed by atoms with Crippen LogP contribution in [-0.2, 0) is 4.74 Å². The molecular formula is C15H23NO2. The lowest BCUT2D eigenvalue weighted by Crippen LogP contribution is -2.41. The van der Waals surface area contributed by atoms with E-state index in [1.165, 1.54) is 6.42 Å². The molecule has 1 aromatic carbocycles. The van der Waals surface area contributed by atoms with Gasteiger partial charge in [-0.15, -0.1) is 0 Å². The first-order valence-electron chi connectivity index (χ1n) is 6.81. The quantitative estimate of drug-likeness (QED) is 0.890. The second-order valence-corrected chi connectivity index (χ2v) is 4.98. The van der Waals surface area contributed by atoms with Gasteiger partial charge in [-0.25, -0.2) is 0 Å². The van der Waals surface area contributed by atoms with Crippen molar-refractivity contribution in [1.82, 2.24) is 4.90 Å². The van der Waals surface area contributed by atoms with E-state index >= 15 is 0 Å². The Morgan fingerprint density at radius 2 is 2.22 bits per heavy atom. The number of phenols is 1. The van der Waals surface area contributed by atoms with Gasteiger partial charge in [0.2, 0.25) is 0 Å². The number of hydrogen-bond donors (Lipinski definition) is 1. The Bertz CT molecular complexity index is 381. The van der Waals surface area contributed by atoms with Crippen LogP contribution in [0.1, 0.15) is 37.8 Å². The normalized spacial score (nSPS) is 22.9. The van der Waals surface area contributed by atoms with Gasteiger partial charge in [0.1, 0.15) is 5.75 Å². The minimum atomic E-state index is 0.296. The number of aromatic hydroxyl groups is 1. The second kappa shape index (κ2) is 6.21. The smallest absolute Gasteiger partial charge is 0.120 e. The van der Waals surface area contributed by atoms with Crippen molar-refractivity contribution in [3.05, 3.63) is 29.8 Å². The van der Waals surface area contributed by atoms with Gasteiger partial charge in [0, 0.05) is 25.3 Å². The van der Waals surface area contributed by atoms with Crippen LogP contribution in [0.4, 0.5) is 0 Å². The number of methoxy groups -OCH3 is 1. The Morgan fingerprint density at radius 1 is 1.44 bits per heavy atom. The van der Waals surface area contributed by atoms with E-state index in [9.17, 15) is 5.11 Å². The SMILES string of the molecule is CCC(c1ccccc1O)N1CCCC(OC)C1. The Hall–Kier alpha value is -1.06. The van der Waals surface area contributed by atoms with Gasteiger partial charge in [-0.2, -0.15) is 0 Å². The maximum atomic E-state index is 10.0. The van der Waals surface area contributed by atoms with Crippen LogP contribution in [0.5, 0.6) is 5.75 Å². The van der Waals surface area contributed by atoms with Crippen molar-refractivity contribution in [2.75, 3.05) is 20.2 Å². The van der Waals surface area contributed by atoms with Crippen molar-refractivity contribution in [2.24, 2.45) is 0 Å². The summed E-state index contributed by atoms with van der Waals surface area (Å²) in [5.41, 5.74) is 1.04. The van der Waals surface area contributed by atoms with E-state index in [-0.39, 0.29) is 0 Å². The summed E-state index contributed by atoms with van der Waals surface area (Å²) in [6, 6.07) is 7.97. The Morgan fingerprint density at radius 3 is 2.89 bits per heavy atom. The lowest BCUT2D eigenvalue weighted by molar-refractivity contribution is 0.0129. The molecule has 2 unspecified atom stereocenters. The third-order valence-corrected chi connectivity index (χ3v) is 3.87. The van der Waals surface area contributed by atoms with E-state index in [0.29, 0.717) is 17.9 Å². The Kier molecular flexibility index (Phi) is 4.61. The zero-order valence-corrected chi connectivity index (χ0v) is 11.3. The average Bonchev–Trinajstić information content (AvgIpc) is 2.42. The van der Waals surface area contributed by atoms with Gasteiger partial charge in [0.05, 0.1) is 6.10 Å². The average molecular weight is 249 g/mol. The summed E-state index contributed by atoms with van der Waals surface area (Å²) in [7, 11) is 1.79. The molecule has 3 heteroatoms. The molecule has 0 aromatic heterocycles. The number of benzene rings is 1. The first kappa shape index (κ1) is 13.4. The van der Waals surface area contributed by atoms with Crippen molar-refractivity contribution in [3.63, 3.8) is 0 Å².